The summed E-state index contributed by atoms with van der Waals surface area (Å²) in [6, 6.07) is 6.46. The van der Waals surface area contributed by atoms with Gasteiger partial charge in [0.1, 0.15) is 0 Å². The van der Waals surface area contributed by atoms with E-state index in [0.717, 1.165) is 13.0 Å². The molecule has 1 aliphatic heterocycles. The van der Waals surface area contributed by atoms with Crippen LogP contribution in [0.25, 0.3) is 16.6 Å². The van der Waals surface area contributed by atoms with Crippen molar-refractivity contribution in [3.05, 3.63) is 36.0 Å². The highest BCUT2D eigenvalue weighted by atomic mass is 15.3. The molecule has 0 atom stereocenters. The zero-order valence-electron chi connectivity index (χ0n) is 12.1. The van der Waals surface area contributed by atoms with E-state index in [1.807, 2.05) is 17.9 Å². The van der Waals surface area contributed by atoms with E-state index in [1.54, 1.807) is 0 Å². The lowest BCUT2D eigenvalue weighted by Gasteiger charge is -2.36. The second-order valence-corrected chi connectivity index (χ2v) is 6.21. The fourth-order valence-electron chi connectivity index (χ4n) is 2.91. The Kier molecular flexibility index (Phi) is 2.66. The molecule has 0 bridgehead atoms. The van der Waals surface area contributed by atoms with Crippen molar-refractivity contribution in [1.29, 1.82) is 0 Å². The Morgan fingerprint density at radius 1 is 1.21 bits per heavy atom. The van der Waals surface area contributed by atoms with Gasteiger partial charge in [-0.05, 0) is 33.3 Å². The number of fused-ring (bicyclic) bond motifs is 1. The fraction of sp³-hybridized carbons (Fsp3) is 0.438. The minimum absolute atomic E-state index is 0.159. The maximum Gasteiger partial charge on any atom is 0.0685 e. The number of nitrogens with zero attached hydrogens (tertiary/aromatic N) is 3. The number of hydrogen-bond donors (Lipinski definition) is 0. The minimum Gasteiger partial charge on any atom is -0.366 e. The van der Waals surface area contributed by atoms with Gasteiger partial charge in [-0.15, -0.1) is 0 Å². The number of aryl methyl sites for hydroxylation is 1. The van der Waals surface area contributed by atoms with Gasteiger partial charge in [0.15, 0.2) is 0 Å². The van der Waals surface area contributed by atoms with Crippen LogP contribution in [0.15, 0.2) is 30.5 Å². The second kappa shape index (κ2) is 4.12. The third-order valence-corrected chi connectivity index (χ3v) is 3.86. The topological polar surface area (TPSA) is 21.1 Å². The number of benzene rings is 1. The third kappa shape index (κ3) is 1.93. The Balaban J connectivity index is 2.15. The number of rotatable bonds is 1. The lowest BCUT2D eigenvalue weighted by Crippen LogP contribution is -2.38. The highest BCUT2D eigenvalue weighted by Gasteiger charge is 2.28. The standard InChI is InChI=1S/C16H21N3/c1-16(2,3)19-10-6-9-15(19)12-7-5-8-14-13(12)11-17-18(14)4/h5,7-9,11H,6,10H2,1-4H3. The molecule has 2 aromatic rings. The van der Waals surface area contributed by atoms with Crippen LogP contribution < -0.4 is 0 Å². The van der Waals surface area contributed by atoms with Crippen molar-refractivity contribution < 1.29 is 0 Å². The van der Waals surface area contributed by atoms with Gasteiger partial charge in [-0.2, -0.15) is 5.10 Å². The van der Waals surface area contributed by atoms with Crippen LogP contribution in [0.5, 0.6) is 0 Å². The van der Waals surface area contributed by atoms with Gasteiger partial charge >= 0.3 is 0 Å². The van der Waals surface area contributed by atoms with Crippen molar-refractivity contribution in [2.45, 2.75) is 32.7 Å². The average molecular weight is 255 g/mol. The molecule has 0 saturated heterocycles. The molecule has 0 spiro atoms. The Bertz CT molecular complexity index is 644. The first kappa shape index (κ1) is 12.3. The van der Waals surface area contributed by atoms with E-state index < -0.39 is 0 Å². The van der Waals surface area contributed by atoms with Crippen LogP contribution in [0, 0.1) is 0 Å². The second-order valence-electron chi connectivity index (χ2n) is 6.21. The zero-order valence-corrected chi connectivity index (χ0v) is 12.1. The number of hydrogen-bond acceptors (Lipinski definition) is 2. The van der Waals surface area contributed by atoms with E-state index in [2.05, 4.69) is 55.0 Å². The van der Waals surface area contributed by atoms with Crippen molar-refractivity contribution in [2.24, 2.45) is 7.05 Å². The van der Waals surface area contributed by atoms with E-state index in [9.17, 15) is 0 Å². The van der Waals surface area contributed by atoms with Crippen LogP contribution in [0.2, 0.25) is 0 Å². The Hall–Kier alpha value is -1.77. The molecule has 0 N–H and O–H groups in total. The molecule has 1 aliphatic rings. The quantitative estimate of drug-likeness (QED) is 0.778. The van der Waals surface area contributed by atoms with Gasteiger partial charge in [0, 0.05) is 35.8 Å². The molecule has 1 aromatic heterocycles. The summed E-state index contributed by atoms with van der Waals surface area (Å²) in [5, 5.41) is 5.63. The molecule has 0 fully saturated rings. The third-order valence-electron chi connectivity index (χ3n) is 3.86. The highest BCUT2D eigenvalue weighted by Crippen LogP contribution is 2.35. The molecule has 0 amide bonds. The monoisotopic (exact) mass is 255 g/mol. The zero-order chi connectivity index (χ0) is 13.6. The van der Waals surface area contributed by atoms with Crippen LogP contribution in [0.3, 0.4) is 0 Å². The summed E-state index contributed by atoms with van der Waals surface area (Å²) < 4.78 is 1.94. The summed E-state index contributed by atoms with van der Waals surface area (Å²) in [7, 11) is 2.00. The van der Waals surface area contributed by atoms with Gasteiger partial charge in [0.25, 0.3) is 0 Å². The van der Waals surface area contributed by atoms with Crippen molar-refractivity contribution in [3.63, 3.8) is 0 Å². The van der Waals surface area contributed by atoms with Crippen LogP contribution >= 0.6 is 0 Å². The lowest BCUT2D eigenvalue weighted by atomic mass is 10.0. The van der Waals surface area contributed by atoms with Crippen molar-refractivity contribution in [3.8, 4) is 0 Å². The Labute approximate surface area is 114 Å². The van der Waals surface area contributed by atoms with Crippen LogP contribution in [0.1, 0.15) is 32.8 Å². The lowest BCUT2D eigenvalue weighted by molar-refractivity contribution is 0.237. The molecule has 0 radical (unpaired) electrons. The van der Waals surface area contributed by atoms with E-state index in [1.165, 1.54) is 22.2 Å². The largest absolute Gasteiger partial charge is 0.366 e. The molecule has 3 rings (SSSR count). The molecular weight excluding hydrogens is 234 g/mol. The maximum atomic E-state index is 4.39. The van der Waals surface area contributed by atoms with Gasteiger partial charge in [0.2, 0.25) is 0 Å². The molecule has 0 aliphatic carbocycles. The molecule has 0 saturated carbocycles. The van der Waals surface area contributed by atoms with Gasteiger partial charge in [-0.1, -0.05) is 18.2 Å². The maximum absolute atomic E-state index is 4.39. The van der Waals surface area contributed by atoms with E-state index in [4.69, 9.17) is 0 Å². The van der Waals surface area contributed by atoms with E-state index in [-0.39, 0.29) is 5.54 Å². The van der Waals surface area contributed by atoms with Gasteiger partial charge in [0.05, 0.1) is 11.7 Å². The molecule has 3 heteroatoms. The summed E-state index contributed by atoms with van der Waals surface area (Å²) >= 11 is 0. The fourth-order valence-corrected chi connectivity index (χ4v) is 2.91. The van der Waals surface area contributed by atoms with Crippen molar-refractivity contribution >= 4 is 16.6 Å². The first-order valence-electron chi connectivity index (χ1n) is 6.87. The van der Waals surface area contributed by atoms with Crippen LogP contribution in [0.4, 0.5) is 0 Å². The summed E-state index contributed by atoms with van der Waals surface area (Å²) in [6.07, 6.45) is 5.46. The van der Waals surface area contributed by atoms with Crippen LogP contribution in [-0.2, 0) is 7.05 Å². The van der Waals surface area contributed by atoms with Crippen LogP contribution in [-0.4, -0.2) is 26.8 Å². The summed E-state index contributed by atoms with van der Waals surface area (Å²) in [4.78, 5) is 2.49. The van der Waals surface area contributed by atoms with E-state index in [0.29, 0.717) is 0 Å². The smallest absolute Gasteiger partial charge is 0.0685 e. The van der Waals surface area contributed by atoms with Gasteiger partial charge in [-0.3, -0.25) is 4.68 Å². The molecule has 100 valence electrons. The normalized spacial score (nSPS) is 16.2. The first-order chi connectivity index (χ1) is 8.98. The highest BCUT2D eigenvalue weighted by molar-refractivity contribution is 5.91. The van der Waals surface area contributed by atoms with Gasteiger partial charge < -0.3 is 4.90 Å². The summed E-state index contributed by atoms with van der Waals surface area (Å²) in [6.45, 7) is 7.93. The van der Waals surface area contributed by atoms with Crippen molar-refractivity contribution in [1.82, 2.24) is 14.7 Å². The molecule has 2 heterocycles. The van der Waals surface area contributed by atoms with Crippen molar-refractivity contribution in [2.75, 3.05) is 6.54 Å². The molecule has 1 aromatic carbocycles. The summed E-state index contributed by atoms with van der Waals surface area (Å²) in [5.74, 6) is 0. The first-order valence-corrected chi connectivity index (χ1v) is 6.87. The van der Waals surface area contributed by atoms with Gasteiger partial charge in [-0.25, -0.2) is 0 Å². The minimum atomic E-state index is 0.159. The predicted octanol–water partition coefficient (Wildman–Crippen LogP) is 3.42. The Morgan fingerprint density at radius 2 is 2.00 bits per heavy atom. The molecular formula is C16H21N3. The molecule has 0 unspecified atom stereocenters. The van der Waals surface area contributed by atoms with E-state index >= 15 is 0 Å². The predicted molar refractivity (Wildman–Crippen MR) is 79.8 cm³/mol. The SMILES string of the molecule is Cn1ncc2c(C3=CCCN3C(C)(C)C)cccc21. The molecule has 3 nitrogen and oxygen atoms in total. The average Bonchev–Trinajstić information content (AvgIpc) is 2.95. The number of aromatic nitrogens is 2. The summed E-state index contributed by atoms with van der Waals surface area (Å²) in [5.41, 5.74) is 4.01. The Morgan fingerprint density at radius 3 is 2.74 bits per heavy atom. The molecule has 19 heavy (non-hydrogen) atoms.